The van der Waals surface area contributed by atoms with E-state index < -0.39 is 5.66 Å². The normalized spacial score (nSPS) is 18.0. The van der Waals surface area contributed by atoms with Crippen molar-refractivity contribution >= 4 is 17.5 Å². The number of benzene rings is 2. The number of carbonyl (C=O) groups excluding carboxylic acids is 2. The Balaban J connectivity index is 1.48. The molecular formula is C22H24FN3O2. The van der Waals surface area contributed by atoms with Gasteiger partial charge in [-0.1, -0.05) is 24.3 Å². The number of hydrogen-bond donors (Lipinski definition) is 1. The zero-order chi connectivity index (χ0) is 19.7. The molecule has 2 amide bonds. The quantitative estimate of drug-likeness (QED) is 0.889. The Bertz CT molecular complexity index is 906. The van der Waals surface area contributed by atoms with Crippen molar-refractivity contribution in [1.29, 1.82) is 0 Å². The Morgan fingerprint density at radius 1 is 1.14 bits per heavy atom. The van der Waals surface area contributed by atoms with E-state index in [-0.39, 0.29) is 24.1 Å². The number of anilines is 1. The van der Waals surface area contributed by atoms with E-state index >= 15 is 0 Å². The average Bonchev–Trinajstić information content (AvgIpc) is 2.69. The highest BCUT2D eigenvalue weighted by atomic mass is 19.1. The topological polar surface area (TPSA) is 52.7 Å². The van der Waals surface area contributed by atoms with Crippen LogP contribution in [0.4, 0.5) is 10.1 Å². The van der Waals surface area contributed by atoms with Crippen LogP contribution in [0.1, 0.15) is 35.7 Å². The van der Waals surface area contributed by atoms with Gasteiger partial charge in [-0.2, -0.15) is 0 Å². The number of piperidine rings is 1. The molecule has 0 aliphatic carbocycles. The van der Waals surface area contributed by atoms with Gasteiger partial charge in [0.1, 0.15) is 11.5 Å². The first-order valence-electron chi connectivity index (χ1n) is 9.74. The van der Waals surface area contributed by atoms with E-state index in [2.05, 4.69) is 17.1 Å². The smallest absolute Gasteiger partial charge is 0.255 e. The van der Waals surface area contributed by atoms with Crippen LogP contribution in [-0.2, 0) is 11.2 Å². The summed E-state index contributed by atoms with van der Waals surface area (Å²) < 4.78 is 13.4. The third-order valence-corrected chi connectivity index (χ3v) is 5.81. The highest BCUT2D eigenvalue weighted by Gasteiger charge is 2.45. The van der Waals surface area contributed by atoms with Crippen molar-refractivity contribution in [1.82, 2.24) is 10.2 Å². The van der Waals surface area contributed by atoms with Crippen molar-refractivity contribution in [3.63, 3.8) is 0 Å². The van der Waals surface area contributed by atoms with Gasteiger partial charge < -0.3 is 15.1 Å². The SMILES string of the molecule is CCN1c2ccccc2C(=O)NC12CCN(C(=O)Cc1cccc(F)c1)CC2. The fourth-order valence-electron chi connectivity index (χ4n) is 4.41. The maximum atomic E-state index is 13.4. The Morgan fingerprint density at radius 2 is 1.89 bits per heavy atom. The van der Waals surface area contributed by atoms with E-state index in [0.29, 0.717) is 37.1 Å². The number of likely N-dealkylation sites (tertiary alicyclic amines) is 1. The largest absolute Gasteiger partial charge is 0.348 e. The highest BCUT2D eigenvalue weighted by Crippen LogP contribution is 2.37. The van der Waals surface area contributed by atoms with Crippen molar-refractivity contribution in [2.45, 2.75) is 31.8 Å². The molecule has 0 atom stereocenters. The molecule has 0 unspecified atom stereocenters. The molecule has 0 saturated carbocycles. The fourth-order valence-corrected chi connectivity index (χ4v) is 4.41. The van der Waals surface area contributed by atoms with E-state index in [9.17, 15) is 14.0 Å². The fraction of sp³-hybridized carbons (Fsp3) is 0.364. The summed E-state index contributed by atoms with van der Waals surface area (Å²) in [6, 6.07) is 13.8. The van der Waals surface area contributed by atoms with Crippen LogP contribution in [0, 0.1) is 5.82 Å². The molecule has 146 valence electrons. The monoisotopic (exact) mass is 381 g/mol. The minimum Gasteiger partial charge on any atom is -0.348 e. The first-order valence-corrected chi connectivity index (χ1v) is 9.74. The summed E-state index contributed by atoms with van der Waals surface area (Å²) in [4.78, 5) is 29.4. The molecule has 6 heteroatoms. The number of amides is 2. The van der Waals surface area contributed by atoms with E-state index in [4.69, 9.17) is 0 Å². The summed E-state index contributed by atoms with van der Waals surface area (Å²) in [6.45, 7) is 3.98. The van der Waals surface area contributed by atoms with E-state index in [1.165, 1.54) is 12.1 Å². The third-order valence-electron chi connectivity index (χ3n) is 5.81. The molecule has 2 aromatic rings. The number of rotatable bonds is 3. The first-order chi connectivity index (χ1) is 13.5. The number of para-hydroxylation sites is 1. The van der Waals surface area contributed by atoms with Crippen LogP contribution in [0.5, 0.6) is 0 Å². The molecule has 0 aromatic heterocycles. The van der Waals surface area contributed by atoms with Crippen LogP contribution in [0.2, 0.25) is 0 Å². The molecule has 1 saturated heterocycles. The Morgan fingerprint density at radius 3 is 2.61 bits per heavy atom. The number of fused-ring (bicyclic) bond motifs is 1. The average molecular weight is 381 g/mol. The van der Waals surface area contributed by atoms with Crippen molar-refractivity contribution < 1.29 is 14.0 Å². The van der Waals surface area contributed by atoms with Crippen molar-refractivity contribution in [2.24, 2.45) is 0 Å². The maximum Gasteiger partial charge on any atom is 0.255 e. The van der Waals surface area contributed by atoms with Crippen molar-refractivity contribution in [3.05, 3.63) is 65.5 Å². The number of hydrogen-bond acceptors (Lipinski definition) is 3. The highest BCUT2D eigenvalue weighted by molar-refractivity contribution is 6.02. The molecule has 0 radical (unpaired) electrons. The Labute approximate surface area is 164 Å². The summed E-state index contributed by atoms with van der Waals surface area (Å²) in [5.41, 5.74) is 1.86. The maximum absolute atomic E-state index is 13.4. The molecule has 1 fully saturated rings. The number of halogens is 1. The van der Waals surface area contributed by atoms with Gasteiger partial charge in [-0.05, 0) is 36.8 Å². The minimum absolute atomic E-state index is 0.00830. The van der Waals surface area contributed by atoms with Gasteiger partial charge in [0.05, 0.1) is 17.7 Å². The van der Waals surface area contributed by atoms with Crippen molar-refractivity contribution in [3.8, 4) is 0 Å². The van der Waals surface area contributed by atoms with E-state index in [1.807, 2.05) is 29.2 Å². The number of nitrogens with zero attached hydrogens (tertiary/aromatic N) is 2. The van der Waals surface area contributed by atoms with Crippen LogP contribution in [0.25, 0.3) is 0 Å². The van der Waals surface area contributed by atoms with Gasteiger partial charge >= 0.3 is 0 Å². The molecule has 2 aromatic carbocycles. The predicted molar refractivity (Wildman–Crippen MR) is 106 cm³/mol. The lowest BCUT2D eigenvalue weighted by Crippen LogP contribution is -2.68. The molecule has 28 heavy (non-hydrogen) atoms. The molecule has 1 spiro atoms. The summed E-state index contributed by atoms with van der Waals surface area (Å²) in [5.74, 6) is -0.393. The van der Waals surface area contributed by atoms with Crippen LogP contribution < -0.4 is 10.2 Å². The van der Waals surface area contributed by atoms with Gasteiger partial charge in [0.25, 0.3) is 5.91 Å². The third kappa shape index (κ3) is 3.23. The van der Waals surface area contributed by atoms with Gasteiger partial charge in [-0.25, -0.2) is 4.39 Å². The minimum atomic E-state index is -0.462. The van der Waals surface area contributed by atoms with Crippen LogP contribution in [0.3, 0.4) is 0 Å². The molecule has 2 aliphatic heterocycles. The van der Waals surface area contributed by atoms with Crippen LogP contribution in [-0.4, -0.2) is 42.0 Å². The van der Waals surface area contributed by atoms with E-state index in [0.717, 1.165) is 12.2 Å². The summed E-state index contributed by atoms with van der Waals surface area (Å²) in [7, 11) is 0. The number of nitrogens with one attached hydrogen (secondary N) is 1. The van der Waals surface area contributed by atoms with Gasteiger partial charge in [0.2, 0.25) is 5.91 Å². The van der Waals surface area contributed by atoms with Gasteiger partial charge in [-0.3, -0.25) is 9.59 Å². The number of carbonyl (C=O) groups is 2. The lowest BCUT2D eigenvalue weighted by molar-refractivity contribution is -0.132. The van der Waals surface area contributed by atoms with Crippen molar-refractivity contribution in [2.75, 3.05) is 24.5 Å². The van der Waals surface area contributed by atoms with Crippen LogP contribution >= 0.6 is 0 Å². The molecule has 4 rings (SSSR count). The summed E-state index contributed by atoms with van der Waals surface area (Å²) in [6.07, 6.45) is 1.52. The van der Waals surface area contributed by atoms with Gasteiger partial charge in [0.15, 0.2) is 0 Å². The zero-order valence-electron chi connectivity index (χ0n) is 16.0. The standard InChI is InChI=1S/C22H24FN3O2/c1-2-26-19-9-4-3-8-18(19)21(28)24-22(26)10-12-25(13-11-22)20(27)15-16-6-5-7-17(23)14-16/h3-9,14H,2,10-13,15H2,1H3,(H,24,28). The van der Waals surface area contributed by atoms with Gasteiger partial charge in [-0.15, -0.1) is 0 Å². The predicted octanol–water partition coefficient (Wildman–Crippen LogP) is 2.96. The zero-order valence-corrected chi connectivity index (χ0v) is 16.0. The molecule has 2 heterocycles. The molecule has 5 nitrogen and oxygen atoms in total. The molecule has 2 aliphatic rings. The second-order valence-corrected chi connectivity index (χ2v) is 7.43. The Kier molecular flexibility index (Phi) is 4.79. The molecular weight excluding hydrogens is 357 g/mol. The van der Waals surface area contributed by atoms with Gasteiger partial charge in [0, 0.05) is 32.5 Å². The van der Waals surface area contributed by atoms with Crippen LogP contribution in [0.15, 0.2) is 48.5 Å². The van der Waals surface area contributed by atoms with E-state index in [1.54, 1.807) is 12.1 Å². The molecule has 1 N–H and O–H groups in total. The lowest BCUT2D eigenvalue weighted by atomic mass is 9.89. The lowest BCUT2D eigenvalue weighted by Gasteiger charge is -2.52. The Hall–Kier alpha value is -2.89. The second kappa shape index (κ2) is 7.26. The summed E-state index contributed by atoms with van der Waals surface area (Å²) in [5, 5.41) is 3.21. The first kappa shape index (κ1) is 18.5. The second-order valence-electron chi connectivity index (χ2n) is 7.43. The molecule has 0 bridgehead atoms. The summed E-state index contributed by atoms with van der Waals surface area (Å²) >= 11 is 0.